The van der Waals surface area contributed by atoms with E-state index in [-0.39, 0.29) is 6.04 Å². The predicted molar refractivity (Wildman–Crippen MR) is 116 cm³/mol. The second-order valence-electron chi connectivity index (χ2n) is 7.64. The highest BCUT2D eigenvalue weighted by Gasteiger charge is 2.22. The molecule has 2 aliphatic rings. The summed E-state index contributed by atoms with van der Waals surface area (Å²) in [4.78, 5) is 17.1. The van der Waals surface area contributed by atoms with E-state index in [1.54, 1.807) is 23.5 Å². The van der Waals surface area contributed by atoms with Crippen LogP contribution < -0.4 is 10.5 Å². The molecule has 0 aliphatic carbocycles. The Hall–Kier alpha value is -2.74. The lowest BCUT2D eigenvalue weighted by Gasteiger charge is -2.25. The van der Waals surface area contributed by atoms with Crippen LogP contribution in [0.15, 0.2) is 52.8 Å². The third kappa shape index (κ3) is 3.71. The first-order valence-electron chi connectivity index (χ1n) is 10.1. The number of fused-ring (bicyclic) bond motifs is 1. The van der Waals surface area contributed by atoms with E-state index < -0.39 is 5.91 Å². The average molecular weight is 422 g/mol. The number of hydrogen-bond donors (Lipinski definition) is 1. The van der Waals surface area contributed by atoms with Gasteiger partial charge >= 0.3 is 0 Å². The molecule has 7 heteroatoms. The number of hydrogen-bond acceptors (Lipinski definition) is 5. The van der Waals surface area contributed by atoms with Crippen molar-refractivity contribution in [1.82, 2.24) is 4.57 Å². The van der Waals surface area contributed by atoms with Crippen molar-refractivity contribution in [3.05, 3.63) is 69.3 Å². The lowest BCUT2D eigenvalue weighted by Crippen LogP contribution is -2.28. The lowest BCUT2D eigenvalue weighted by molar-refractivity contribution is 0.0589. The van der Waals surface area contributed by atoms with Crippen molar-refractivity contribution in [2.45, 2.75) is 32.1 Å². The van der Waals surface area contributed by atoms with Crippen molar-refractivity contribution >= 4 is 22.9 Å². The van der Waals surface area contributed by atoms with Gasteiger partial charge in [-0.05, 0) is 59.9 Å². The van der Waals surface area contributed by atoms with Gasteiger partial charge in [-0.25, -0.2) is 4.99 Å². The van der Waals surface area contributed by atoms with E-state index in [0.717, 1.165) is 35.6 Å². The van der Waals surface area contributed by atoms with Crippen molar-refractivity contribution in [3.8, 4) is 11.3 Å². The highest BCUT2D eigenvalue weighted by molar-refractivity contribution is 7.07. The molecule has 2 aliphatic heterocycles. The summed E-state index contributed by atoms with van der Waals surface area (Å²) in [7, 11) is 0. The third-order valence-corrected chi connectivity index (χ3v) is 6.48. The minimum absolute atomic E-state index is 0.244. The summed E-state index contributed by atoms with van der Waals surface area (Å²) in [5.74, 6) is -0.435. The minimum Gasteiger partial charge on any atom is -0.379 e. The van der Waals surface area contributed by atoms with Crippen LogP contribution in [-0.4, -0.2) is 23.7 Å². The Balaban J connectivity index is 1.60. The van der Waals surface area contributed by atoms with Crippen molar-refractivity contribution in [3.63, 3.8) is 0 Å². The number of carbonyl (C=O) groups is 1. The van der Waals surface area contributed by atoms with Gasteiger partial charge in [-0.15, -0.1) is 11.3 Å². The second-order valence-corrected chi connectivity index (χ2v) is 8.48. The van der Waals surface area contributed by atoms with Crippen LogP contribution in [0.25, 0.3) is 11.3 Å². The molecule has 5 rings (SSSR count). The van der Waals surface area contributed by atoms with E-state index in [1.165, 1.54) is 16.7 Å². The molecule has 30 heavy (non-hydrogen) atoms. The van der Waals surface area contributed by atoms with Gasteiger partial charge in [0.15, 0.2) is 4.80 Å². The Labute approximate surface area is 178 Å². The molecule has 154 valence electrons. The molecule has 1 aromatic heterocycles. The summed E-state index contributed by atoms with van der Waals surface area (Å²) in [5, 5.41) is 2.17. The van der Waals surface area contributed by atoms with E-state index in [1.807, 2.05) is 12.1 Å². The number of nitrogens with two attached hydrogens (primary N) is 1. The maximum atomic E-state index is 11.3. The largest absolute Gasteiger partial charge is 0.379 e. The van der Waals surface area contributed by atoms with Crippen LogP contribution in [0.5, 0.6) is 0 Å². The van der Waals surface area contributed by atoms with Crippen LogP contribution in [0.1, 0.15) is 40.4 Å². The number of amides is 1. The van der Waals surface area contributed by atoms with E-state index >= 15 is 0 Å². The number of primary amides is 1. The van der Waals surface area contributed by atoms with Gasteiger partial charge in [0.05, 0.1) is 37.2 Å². The van der Waals surface area contributed by atoms with Crippen LogP contribution in [0, 0.1) is 0 Å². The normalized spacial score (nSPS) is 19.1. The fourth-order valence-electron chi connectivity index (χ4n) is 4.03. The van der Waals surface area contributed by atoms with Crippen molar-refractivity contribution in [2.75, 3.05) is 13.2 Å². The van der Waals surface area contributed by atoms with Gasteiger partial charge in [0, 0.05) is 17.6 Å². The van der Waals surface area contributed by atoms with Crippen molar-refractivity contribution < 1.29 is 14.3 Å². The molecule has 0 radical (unpaired) electrons. The molecule has 2 N–H and O–H groups in total. The molecular formula is C23H23N3O3S. The van der Waals surface area contributed by atoms with Gasteiger partial charge in [-0.1, -0.05) is 12.1 Å². The zero-order chi connectivity index (χ0) is 20.5. The summed E-state index contributed by atoms with van der Waals surface area (Å²) >= 11 is 1.62. The molecule has 3 aromatic rings. The maximum Gasteiger partial charge on any atom is 0.248 e. The molecular weight excluding hydrogens is 398 g/mol. The van der Waals surface area contributed by atoms with Gasteiger partial charge in [-0.2, -0.15) is 0 Å². The van der Waals surface area contributed by atoms with E-state index in [9.17, 15) is 4.79 Å². The van der Waals surface area contributed by atoms with Gasteiger partial charge in [-0.3, -0.25) is 4.79 Å². The molecule has 1 amide bonds. The minimum atomic E-state index is -0.435. The van der Waals surface area contributed by atoms with E-state index in [4.69, 9.17) is 20.2 Å². The Bertz CT molecular complexity index is 1140. The Morgan fingerprint density at radius 3 is 2.70 bits per heavy atom. The zero-order valence-corrected chi connectivity index (χ0v) is 17.4. The van der Waals surface area contributed by atoms with Gasteiger partial charge in [0.1, 0.15) is 0 Å². The SMILES string of the molecule is NC(=O)c1ccc(N=c2scc(-c3ccc4c(c3)COC4)n2[C@H]2CCCOC2)cc1. The smallest absolute Gasteiger partial charge is 0.248 e. The number of aromatic nitrogens is 1. The summed E-state index contributed by atoms with van der Waals surface area (Å²) in [5.41, 5.74) is 11.5. The quantitative estimate of drug-likeness (QED) is 0.693. The lowest BCUT2D eigenvalue weighted by atomic mass is 10.0. The molecule has 1 fully saturated rings. The van der Waals surface area contributed by atoms with Crippen molar-refractivity contribution in [2.24, 2.45) is 10.7 Å². The first kappa shape index (κ1) is 19.2. The second kappa shape index (κ2) is 8.18. The summed E-state index contributed by atoms with van der Waals surface area (Å²) in [6.45, 7) is 2.86. The molecule has 2 aromatic carbocycles. The van der Waals surface area contributed by atoms with Crippen LogP contribution >= 0.6 is 11.3 Å². The topological polar surface area (TPSA) is 78.8 Å². The predicted octanol–water partition coefficient (Wildman–Crippen LogP) is 3.93. The van der Waals surface area contributed by atoms with E-state index in [0.29, 0.717) is 25.4 Å². The van der Waals surface area contributed by atoms with Crippen LogP contribution in [0.2, 0.25) is 0 Å². The molecule has 1 atom stereocenters. The number of nitrogens with zero attached hydrogens (tertiary/aromatic N) is 2. The summed E-state index contributed by atoms with van der Waals surface area (Å²) in [6.07, 6.45) is 2.10. The summed E-state index contributed by atoms with van der Waals surface area (Å²) < 4.78 is 13.7. The number of thiazole rings is 1. The van der Waals surface area contributed by atoms with Crippen molar-refractivity contribution in [1.29, 1.82) is 0 Å². The van der Waals surface area contributed by atoms with Gasteiger partial charge in [0.25, 0.3) is 0 Å². The van der Waals surface area contributed by atoms with Crippen LogP contribution in [0.3, 0.4) is 0 Å². The fraction of sp³-hybridized carbons (Fsp3) is 0.304. The monoisotopic (exact) mass is 421 g/mol. The molecule has 0 spiro atoms. The molecule has 0 bridgehead atoms. The fourth-order valence-corrected chi connectivity index (χ4v) is 5.02. The zero-order valence-electron chi connectivity index (χ0n) is 16.5. The highest BCUT2D eigenvalue weighted by Crippen LogP contribution is 2.31. The number of ether oxygens (including phenoxy) is 2. The maximum absolute atomic E-state index is 11.3. The highest BCUT2D eigenvalue weighted by atomic mass is 32.1. The number of rotatable bonds is 4. The first-order valence-corrected chi connectivity index (χ1v) is 11.0. The van der Waals surface area contributed by atoms with Crippen LogP contribution in [0.4, 0.5) is 5.69 Å². The molecule has 1 saturated heterocycles. The average Bonchev–Trinajstić information content (AvgIpc) is 3.41. The number of carbonyl (C=O) groups excluding carboxylic acids is 1. The number of benzene rings is 2. The van der Waals surface area contributed by atoms with E-state index in [2.05, 4.69) is 28.1 Å². The van der Waals surface area contributed by atoms with Crippen LogP contribution in [-0.2, 0) is 22.7 Å². The first-order chi connectivity index (χ1) is 14.7. The Morgan fingerprint density at radius 2 is 1.93 bits per heavy atom. The van der Waals surface area contributed by atoms with Gasteiger partial charge in [0.2, 0.25) is 5.91 Å². The standard InChI is InChI=1S/C23H23N3O3S/c24-22(27)15-5-7-19(8-6-15)25-23-26(20-2-1-9-28-13-20)21(14-30-23)16-3-4-17-11-29-12-18(17)10-16/h3-8,10,14,20H,1-2,9,11-13H2,(H2,24,27)/t20-/m0/s1. The molecule has 6 nitrogen and oxygen atoms in total. The molecule has 3 heterocycles. The Kier molecular flexibility index (Phi) is 5.25. The molecule has 0 unspecified atom stereocenters. The Morgan fingerprint density at radius 1 is 1.10 bits per heavy atom. The van der Waals surface area contributed by atoms with Gasteiger partial charge < -0.3 is 19.8 Å². The molecule has 0 saturated carbocycles. The third-order valence-electron chi connectivity index (χ3n) is 5.64. The summed E-state index contributed by atoms with van der Waals surface area (Å²) in [6, 6.07) is 13.9.